The van der Waals surface area contributed by atoms with Gasteiger partial charge in [-0.15, -0.1) is 0 Å². The highest BCUT2D eigenvalue weighted by molar-refractivity contribution is 6.30. The van der Waals surface area contributed by atoms with Crippen molar-refractivity contribution in [3.63, 3.8) is 0 Å². The van der Waals surface area contributed by atoms with Gasteiger partial charge in [0.1, 0.15) is 0 Å². The van der Waals surface area contributed by atoms with Gasteiger partial charge >= 0.3 is 0 Å². The predicted molar refractivity (Wildman–Crippen MR) is 85.7 cm³/mol. The zero-order chi connectivity index (χ0) is 14.5. The van der Waals surface area contributed by atoms with E-state index in [1.54, 1.807) is 0 Å². The normalized spacial score (nSPS) is 12.7. The zero-order valence-electron chi connectivity index (χ0n) is 12.0. The molecule has 2 nitrogen and oxygen atoms in total. The van der Waals surface area contributed by atoms with E-state index in [4.69, 9.17) is 17.3 Å². The molecule has 0 spiro atoms. The van der Waals surface area contributed by atoms with Gasteiger partial charge in [-0.1, -0.05) is 48.0 Å². The summed E-state index contributed by atoms with van der Waals surface area (Å²) >= 11 is 5.93. The van der Waals surface area contributed by atoms with Crippen molar-refractivity contribution in [2.24, 2.45) is 5.73 Å². The molecule has 0 fully saturated rings. The minimum absolute atomic E-state index is 0.349. The molecule has 0 radical (unpaired) electrons. The van der Waals surface area contributed by atoms with E-state index in [0.717, 1.165) is 11.6 Å². The number of rotatable bonds is 5. The van der Waals surface area contributed by atoms with Crippen molar-refractivity contribution in [1.82, 2.24) is 4.90 Å². The largest absolute Gasteiger partial charge is 0.326 e. The van der Waals surface area contributed by atoms with Crippen LogP contribution in [0.5, 0.6) is 0 Å². The highest BCUT2D eigenvalue weighted by Gasteiger charge is 2.11. The third-order valence-corrected chi connectivity index (χ3v) is 3.96. The molecule has 0 bridgehead atoms. The number of nitrogens with zero attached hydrogens (tertiary/aromatic N) is 1. The van der Waals surface area contributed by atoms with Crippen LogP contribution < -0.4 is 5.73 Å². The molecule has 0 aliphatic carbocycles. The molecule has 2 aromatic carbocycles. The van der Waals surface area contributed by atoms with Crippen LogP contribution in [-0.2, 0) is 13.1 Å². The monoisotopic (exact) mass is 288 g/mol. The third-order valence-electron chi connectivity index (χ3n) is 3.70. The molecule has 2 rings (SSSR count). The minimum atomic E-state index is 0.349. The highest BCUT2D eigenvalue weighted by atomic mass is 35.5. The van der Waals surface area contributed by atoms with Crippen LogP contribution in [0.3, 0.4) is 0 Å². The molecule has 0 aromatic heterocycles. The van der Waals surface area contributed by atoms with E-state index < -0.39 is 0 Å². The predicted octanol–water partition coefficient (Wildman–Crippen LogP) is 3.99. The maximum absolute atomic E-state index is 5.93. The van der Waals surface area contributed by atoms with E-state index in [0.29, 0.717) is 12.6 Å². The van der Waals surface area contributed by atoms with Gasteiger partial charge < -0.3 is 5.73 Å². The second-order valence-corrected chi connectivity index (χ2v) is 5.60. The number of hydrogen-bond acceptors (Lipinski definition) is 2. The maximum Gasteiger partial charge on any atom is 0.0406 e. The Balaban J connectivity index is 2.02. The summed E-state index contributed by atoms with van der Waals surface area (Å²) in [5.41, 5.74) is 9.36. The summed E-state index contributed by atoms with van der Waals surface area (Å²) in [6.45, 7) is 3.71. The Kier molecular flexibility index (Phi) is 5.18. The average Bonchev–Trinajstić information content (AvgIpc) is 2.48. The lowest BCUT2D eigenvalue weighted by Crippen LogP contribution is -2.21. The van der Waals surface area contributed by atoms with E-state index in [1.165, 1.54) is 16.7 Å². The van der Waals surface area contributed by atoms with Crippen molar-refractivity contribution in [2.45, 2.75) is 26.1 Å². The molecule has 106 valence electrons. The van der Waals surface area contributed by atoms with Gasteiger partial charge in [0.05, 0.1) is 0 Å². The van der Waals surface area contributed by atoms with Gasteiger partial charge in [-0.3, -0.25) is 4.90 Å². The molecule has 2 N–H and O–H groups in total. The molecule has 1 atom stereocenters. The second kappa shape index (κ2) is 6.89. The van der Waals surface area contributed by atoms with Gasteiger partial charge in [0.2, 0.25) is 0 Å². The lowest BCUT2D eigenvalue weighted by Gasteiger charge is -2.25. The first-order valence-corrected chi connectivity index (χ1v) is 7.21. The molecule has 0 amide bonds. The number of benzene rings is 2. The van der Waals surface area contributed by atoms with Crippen LogP contribution in [0.15, 0.2) is 48.5 Å². The molecule has 0 saturated heterocycles. The average molecular weight is 289 g/mol. The Bertz CT molecular complexity index is 534. The van der Waals surface area contributed by atoms with Crippen LogP contribution >= 0.6 is 11.6 Å². The van der Waals surface area contributed by atoms with E-state index in [9.17, 15) is 0 Å². The van der Waals surface area contributed by atoms with Crippen LogP contribution in [-0.4, -0.2) is 11.9 Å². The maximum atomic E-state index is 5.93. The first kappa shape index (κ1) is 15.0. The Morgan fingerprint density at radius 3 is 2.10 bits per heavy atom. The van der Waals surface area contributed by atoms with Crippen molar-refractivity contribution in [3.8, 4) is 0 Å². The minimum Gasteiger partial charge on any atom is -0.326 e. The van der Waals surface area contributed by atoms with Crippen LogP contribution in [0.25, 0.3) is 0 Å². The molecule has 1 unspecified atom stereocenters. The molecular weight excluding hydrogens is 268 g/mol. The third kappa shape index (κ3) is 3.83. The number of halogens is 1. The summed E-state index contributed by atoms with van der Waals surface area (Å²) in [7, 11) is 2.14. The first-order valence-electron chi connectivity index (χ1n) is 6.83. The van der Waals surface area contributed by atoms with Gasteiger partial charge in [0.15, 0.2) is 0 Å². The fraction of sp³-hybridized carbons (Fsp3) is 0.294. The molecule has 0 heterocycles. The standard InChI is InChI=1S/C17H21ClN2/c1-13(16-7-9-17(18)10-8-16)20(2)12-15-5-3-14(11-19)4-6-15/h3-10,13H,11-12,19H2,1-2H3. The van der Waals surface area contributed by atoms with Crippen LogP contribution in [0, 0.1) is 0 Å². The molecular formula is C17H21ClN2. The van der Waals surface area contributed by atoms with E-state index in [1.807, 2.05) is 12.1 Å². The lowest BCUT2D eigenvalue weighted by molar-refractivity contribution is 0.253. The smallest absolute Gasteiger partial charge is 0.0406 e. The highest BCUT2D eigenvalue weighted by Crippen LogP contribution is 2.22. The Morgan fingerprint density at radius 1 is 1.00 bits per heavy atom. The Hall–Kier alpha value is -1.35. The lowest BCUT2D eigenvalue weighted by atomic mass is 10.1. The quantitative estimate of drug-likeness (QED) is 0.901. The summed E-state index contributed by atoms with van der Waals surface area (Å²) in [5, 5.41) is 0.779. The van der Waals surface area contributed by atoms with Crippen molar-refractivity contribution < 1.29 is 0 Å². The van der Waals surface area contributed by atoms with Gasteiger partial charge in [-0.25, -0.2) is 0 Å². The fourth-order valence-corrected chi connectivity index (χ4v) is 2.33. The van der Waals surface area contributed by atoms with E-state index >= 15 is 0 Å². The van der Waals surface area contributed by atoms with Gasteiger partial charge in [-0.2, -0.15) is 0 Å². The van der Waals surface area contributed by atoms with Gasteiger partial charge in [0, 0.05) is 24.2 Å². The van der Waals surface area contributed by atoms with Crippen molar-refractivity contribution in [3.05, 3.63) is 70.2 Å². The van der Waals surface area contributed by atoms with Crippen LogP contribution in [0.2, 0.25) is 5.02 Å². The van der Waals surface area contributed by atoms with Crippen LogP contribution in [0.1, 0.15) is 29.7 Å². The first-order chi connectivity index (χ1) is 9.60. The van der Waals surface area contributed by atoms with E-state index in [2.05, 4.69) is 55.3 Å². The molecule has 0 aliphatic heterocycles. The second-order valence-electron chi connectivity index (χ2n) is 5.16. The molecule has 3 heteroatoms. The van der Waals surface area contributed by atoms with Crippen LogP contribution in [0.4, 0.5) is 0 Å². The summed E-state index contributed by atoms with van der Waals surface area (Å²) in [5.74, 6) is 0. The van der Waals surface area contributed by atoms with Gasteiger partial charge in [0.25, 0.3) is 0 Å². The summed E-state index contributed by atoms with van der Waals surface area (Å²) in [4.78, 5) is 2.32. The summed E-state index contributed by atoms with van der Waals surface area (Å²) in [6.07, 6.45) is 0. The van der Waals surface area contributed by atoms with Gasteiger partial charge in [-0.05, 0) is 42.8 Å². The molecule has 0 saturated carbocycles. The molecule has 2 aromatic rings. The number of nitrogens with two attached hydrogens (primary N) is 1. The Morgan fingerprint density at radius 2 is 1.55 bits per heavy atom. The number of hydrogen-bond donors (Lipinski definition) is 1. The van der Waals surface area contributed by atoms with Crippen molar-refractivity contribution in [1.29, 1.82) is 0 Å². The topological polar surface area (TPSA) is 29.3 Å². The fourth-order valence-electron chi connectivity index (χ4n) is 2.20. The summed E-state index contributed by atoms with van der Waals surface area (Å²) in [6, 6.07) is 16.9. The van der Waals surface area contributed by atoms with Crippen molar-refractivity contribution in [2.75, 3.05) is 7.05 Å². The molecule has 20 heavy (non-hydrogen) atoms. The molecule has 0 aliphatic rings. The zero-order valence-corrected chi connectivity index (χ0v) is 12.8. The Labute approximate surface area is 126 Å². The van der Waals surface area contributed by atoms with Crippen molar-refractivity contribution >= 4 is 11.6 Å². The SMILES string of the molecule is CC(c1ccc(Cl)cc1)N(C)Cc1ccc(CN)cc1. The summed E-state index contributed by atoms with van der Waals surface area (Å²) < 4.78 is 0. The van der Waals surface area contributed by atoms with E-state index in [-0.39, 0.29) is 0 Å².